The molecule has 21 heavy (non-hydrogen) atoms. The smallest absolute Gasteiger partial charge is 0.151 e. The van der Waals surface area contributed by atoms with E-state index in [-0.39, 0.29) is 5.78 Å². The highest BCUT2D eigenvalue weighted by atomic mass is 35.5. The van der Waals surface area contributed by atoms with Crippen LogP contribution < -0.4 is 0 Å². The van der Waals surface area contributed by atoms with Gasteiger partial charge in [0.05, 0.1) is 21.3 Å². The monoisotopic (exact) mass is 349 g/mol. The minimum Gasteiger partial charge on any atom is -0.298 e. The molecule has 1 heterocycles. The second-order valence-corrected chi connectivity index (χ2v) is 8.56. The van der Waals surface area contributed by atoms with E-state index in [1.807, 2.05) is 4.90 Å². The molecule has 0 saturated carbocycles. The number of benzene rings is 1. The zero-order valence-corrected chi connectivity index (χ0v) is 14.2. The first-order chi connectivity index (χ1) is 9.70. The standard InChI is InChI=1S/C14H17Cl2NO3S/c1-9(18)14(10-3-4-12(15)13(16)7-10)17-6-5-11(8-17)21(2,19)20/h3-4,7,11,14H,5-6,8H2,1-2H3. The Morgan fingerprint density at radius 3 is 2.48 bits per heavy atom. The lowest BCUT2D eigenvalue weighted by Gasteiger charge is -2.26. The van der Waals surface area contributed by atoms with E-state index < -0.39 is 21.1 Å². The number of rotatable bonds is 4. The summed E-state index contributed by atoms with van der Waals surface area (Å²) in [6.45, 7) is 2.44. The number of Topliss-reactive ketones (excluding diaryl/α,β-unsaturated/α-hetero) is 1. The van der Waals surface area contributed by atoms with Crippen molar-refractivity contribution in [3.05, 3.63) is 33.8 Å². The molecular weight excluding hydrogens is 333 g/mol. The van der Waals surface area contributed by atoms with E-state index in [1.54, 1.807) is 18.2 Å². The molecule has 1 saturated heterocycles. The molecule has 0 aliphatic carbocycles. The number of hydrogen-bond donors (Lipinski definition) is 0. The Labute approximate surface area is 134 Å². The van der Waals surface area contributed by atoms with Crippen LogP contribution in [0.25, 0.3) is 0 Å². The minimum absolute atomic E-state index is 0.0393. The summed E-state index contributed by atoms with van der Waals surface area (Å²) in [4.78, 5) is 13.9. The van der Waals surface area contributed by atoms with E-state index in [0.717, 1.165) is 5.56 Å². The van der Waals surface area contributed by atoms with E-state index in [2.05, 4.69) is 0 Å². The van der Waals surface area contributed by atoms with Crippen molar-refractivity contribution in [3.8, 4) is 0 Å². The van der Waals surface area contributed by atoms with Gasteiger partial charge in [0.15, 0.2) is 15.6 Å². The van der Waals surface area contributed by atoms with Gasteiger partial charge in [0.1, 0.15) is 0 Å². The molecule has 1 aromatic carbocycles. The third-order valence-electron chi connectivity index (χ3n) is 3.79. The number of ketones is 1. The maximum atomic E-state index is 12.0. The number of carbonyl (C=O) groups is 1. The van der Waals surface area contributed by atoms with E-state index >= 15 is 0 Å². The Morgan fingerprint density at radius 2 is 2.00 bits per heavy atom. The van der Waals surface area contributed by atoms with Crippen molar-refractivity contribution >= 4 is 38.8 Å². The summed E-state index contributed by atoms with van der Waals surface area (Å²) in [5.41, 5.74) is 0.742. The molecule has 0 radical (unpaired) electrons. The van der Waals surface area contributed by atoms with Crippen LogP contribution in [0.15, 0.2) is 18.2 Å². The average molecular weight is 350 g/mol. The van der Waals surface area contributed by atoms with Crippen molar-refractivity contribution < 1.29 is 13.2 Å². The van der Waals surface area contributed by atoms with Gasteiger partial charge in [-0.25, -0.2) is 8.42 Å². The first-order valence-corrected chi connectivity index (χ1v) is 9.29. The predicted octanol–water partition coefficient (Wildman–Crippen LogP) is 2.74. The van der Waals surface area contributed by atoms with Crippen LogP contribution in [-0.4, -0.2) is 43.7 Å². The van der Waals surface area contributed by atoms with Crippen LogP contribution in [0.4, 0.5) is 0 Å². The van der Waals surface area contributed by atoms with Crippen LogP contribution in [-0.2, 0) is 14.6 Å². The normalized spacial score (nSPS) is 21.4. The Kier molecular flexibility index (Phi) is 4.98. The number of nitrogens with zero attached hydrogens (tertiary/aromatic N) is 1. The molecule has 0 N–H and O–H groups in total. The Balaban J connectivity index is 2.29. The van der Waals surface area contributed by atoms with Crippen molar-refractivity contribution in [2.45, 2.75) is 24.6 Å². The summed E-state index contributed by atoms with van der Waals surface area (Å²) in [6, 6.07) is 4.60. The predicted molar refractivity (Wildman–Crippen MR) is 84.7 cm³/mol. The lowest BCUT2D eigenvalue weighted by Crippen LogP contribution is -2.33. The Morgan fingerprint density at radius 1 is 1.33 bits per heavy atom. The van der Waals surface area contributed by atoms with Crippen molar-refractivity contribution in [1.29, 1.82) is 0 Å². The third-order valence-corrected chi connectivity index (χ3v) is 6.13. The summed E-state index contributed by atoms with van der Waals surface area (Å²) >= 11 is 11.9. The van der Waals surface area contributed by atoms with Crippen molar-refractivity contribution in [3.63, 3.8) is 0 Å². The maximum absolute atomic E-state index is 12.0. The second-order valence-electron chi connectivity index (χ2n) is 5.42. The summed E-state index contributed by atoms with van der Waals surface area (Å²) in [6.07, 6.45) is 1.78. The molecule has 4 nitrogen and oxygen atoms in total. The van der Waals surface area contributed by atoms with Gasteiger partial charge in [-0.2, -0.15) is 0 Å². The van der Waals surface area contributed by atoms with Crippen LogP contribution in [0, 0.1) is 0 Å². The van der Waals surface area contributed by atoms with E-state index in [4.69, 9.17) is 23.2 Å². The van der Waals surface area contributed by atoms with Gasteiger partial charge in [0.2, 0.25) is 0 Å². The Bertz CT molecular complexity index is 660. The van der Waals surface area contributed by atoms with E-state index in [9.17, 15) is 13.2 Å². The quantitative estimate of drug-likeness (QED) is 0.838. The first kappa shape index (κ1) is 16.7. The molecule has 116 valence electrons. The molecule has 2 unspecified atom stereocenters. The first-order valence-electron chi connectivity index (χ1n) is 6.58. The van der Waals surface area contributed by atoms with Gasteiger partial charge in [0, 0.05) is 19.3 Å². The van der Waals surface area contributed by atoms with Gasteiger partial charge in [-0.15, -0.1) is 0 Å². The summed E-state index contributed by atoms with van der Waals surface area (Å²) in [5.74, 6) is -0.0393. The SMILES string of the molecule is CC(=O)C(c1ccc(Cl)c(Cl)c1)N1CCC(S(C)(=O)=O)C1. The van der Waals surface area contributed by atoms with Crippen molar-refractivity contribution in [2.75, 3.05) is 19.3 Å². The van der Waals surface area contributed by atoms with Crippen molar-refractivity contribution in [2.24, 2.45) is 0 Å². The highest BCUT2D eigenvalue weighted by molar-refractivity contribution is 7.91. The number of halogens is 2. The lowest BCUT2D eigenvalue weighted by atomic mass is 10.0. The molecule has 1 aromatic rings. The van der Waals surface area contributed by atoms with Crippen LogP contribution >= 0.6 is 23.2 Å². The summed E-state index contributed by atoms with van der Waals surface area (Å²) in [7, 11) is -3.09. The molecule has 2 rings (SSSR count). The molecule has 0 amide bonds. The van der Waals surface area contributed by atoms with Gasteiger partial charge in [0.25, 0.3) is 0 Å². The minimum atomic E-state index is -3.09. The van der Waals surface area contributed by atoms with Crippen molar-refractivity contribution in [1.82, 2.24) is 4.90 Å². The molecule has 1 aliphatic heterocycles. The van der Waals surface area contributed by atoms with Crippen LogP contribution in [0.5, 0.6) is 0 Å². The highest BCUT2D eigenvalue weighted by Gasteiger charge is 2.36. The summed E-state index contributed by atoms with van der Waals surface area (Å²) < 4.78 is 23.3. The number of carbonyl (C=O) groups excluding carboxylic acids is 1. The van der Waals surface area contributed by atoms with Crippen LogP contribution in [0.2, 0.25) is 10.0 Å². The molecule has 1 aliphatic rings. The van der Waals surface area contributed by atoms with Crippen LogP contribution in [0.1, 0.15) is 24.9 Å². The van der Waals surface area contributed by atoms with Crippen LogP contribution in [0.3, 0.4) is 0 Å². The van der Waals surface area contributed by atoms with Gasteiger partial charge < -0.3 is 0 Å². The fourth-order valence-corrected chi connectivity index (χ4v) is 4.03. The number of sulfone groups is 1. The second kappa shape index (κ2) is 6.24. The number of hydrogen-bond acceptors (Lipinski definition) is 4. The maximum Gasteiger partial charge on any atom is 0.151 e. The van der Waals surface area contributed by atoms with Gasteiger partial charge in [-0.1, -0.05) is 29.3 Å². The van der Waals surface area contributed by atoms with Gasteiger partial charge in [-0.05, 0) is 31.0 Å². The summed E-state index contributed by atoms with van der Waals surface area (Å²) in [5, 5.41) is 0.402. The molecular formula is C14H17Cl2NO3S. The lowest BCUT2D eigenvalue weighted by molar-refractivity contribution is -0.122. The fraction of sp³-hybridized carbons (Fsp3) is 0.500. The average Bonchev–Trinajstić information content (AvgIpc) is 2.82. The number of likely N-dealkylation sites (tertiary alicyclic amines) is 1. The zero-order valence-electron chi connectivity index (χ0n) is 11.8. The third kappa shape index (κ3) is 3.77. The molecule has 7 heteroatoms. The van der Waals surface area contributed by atoms with E-state index in [0.29, 0.717) is 29.6 Å². The zero-order chi connectivity index (χ0) is 15.8. The molecule has 0 bridgehead atoms. The molecule has 0 spiro atoms. The topological polar surface area (TPSA) is 54.5 Å². The molecule has 2 atom stereocenters. The highest BCUT2D eigenvalue weighted by Crippen LogP contribution is 2.32. The van der Waals surface area contributed by atoms with Gasteiger partial charge >= 0.3 is 0 Å². The largest absolute Gasteiger partial charge is 0.298 e. The molecule has 0 aromatic heterocycles. The molecule has 1 fully saturated rings. The fourth-order valence-electron chi connectivity index (χ4n) is 2.72. The van der Waals surface area contributed by atoms with E-state index in [1.165, 1.54) is 13.2 Å². The Hall–Kier alpha value is -0.620. The van der Waals surface area contributed by atoms with Gasteiger partial charge in [-0.3, -0.25) is 9.69 Å².